The maximum atomic E-state index is 12.0. The van der Waals surface area contributed by atoms with Crippen molar-refractivity contribution in [2.75, 3.05) is 6.54 Å². The van der Waals surface area contributed by atoms with Crippen LogP contribution in [0.15, 0.2) is 73.1 Å². The standard InChI is InChI=1S/C21H20N4O3/c26-21(11-8-17-6-9-19(10-7-17)25(27)28)23-13-12-20-22-14-15-24(20)16-18-4-2-1-3-5-18/h1-11,14-15H,12-13,16H2,(H,23,26)/b11-8+. The Labute approximate surface area is 162 Å². The van der Waals surface area contributed by atoms with Crippen LogP contribution in [0.1, 0.15) is 17.0 Å². The molecule has 1 heterocycles. The van der Waals surface area contributed by atoms with Gasteiger partial charge in [0.2, 0.25) is 5.91 Å². The smallest absolute Gasteiger partial charge is 0.269 e. The fourth-order valence-corrected chi connectivity index (χ4v) is 2.73. The minimum Gasteiger partial charge on any atom is -0.352 e. The van der Waals surface area contributed by atoms with E-state index in [0.717, 1.165) is 17.9 Å². The number of non-ortho nitro benzene ring substituents is 1. The lowest BCUT2D eigenvalue weighted by Crippen LogP contribution is -2.24. The van der Waals surface area contributed by atoms with E-state index < -0.39 is 4.92 Å². The van der Waals surface area contributed by atoms with Crippen molar-refractivity contribution in [1.29, 1.82) is 0 Å². The van der Waals surface area contributed by atoms with Crippen LogP contribution in [0, 0.1) is 10.1 Å². The molecule has 0 saturated heterocycles. The third kappa shape index (κ3) is 5.38. The molecule has 0 aliphatic carbocycles. The molecule has 28 heavy (non-hydrogen) atoms. The molecule has 1 aromatic heterocycles. The predicted molar refractivity (Wildman–Crippen MR) is 107 cm³/mol. The Balaban J connectivity index is 1.48. The van der Waals surface area contributed by atoms with E-state index in [2.05, 4.69) is 27.0 Å². The molecule has 0 fully saturated rings. The molecular formula is C21H20N4O3. The summed E-state index contributed by atoms with van der Waals surface area (Å²) in [5.41, 5.74) is 1.93. The van der Waals surface area contributed by atoms with Gasteiger partial charge in [0, 0.05) is 50.1 Å². The summed E-state index contributed by atoms with van der Waals surface area (Å²) >= 11 is 0. The van der Waals surface area contributed by atoms with Gasteiger partial charge < -0.3 is 9.88 Å². The largest absolute Gasteiger partial charge is 0.352 e. The second-order valence-electron chi connectivity index (χ2n) is 6.18. The Bertz CT molecular complexity index is 963. The van der Waals surface area contributed by atoms with Crippen LogP contribution >= 0.6 is 0 Å². The Morgan fingerprint density at radius 2 is 1.89 bits per heavy atom. The van der Waals surface area contributed by atoms with Crippen molar-refractivity contribution >= 4 is 17.7 Å². The molecule has 7 nitrogen and oxygen atoms in total. The van der Waals surface area contributed by atoms with Crippen LogP contribution in [0.4, 0.5) is 5.69 Å². The van der Waals surface area contributed by atoms with Crippen molar-refractivity contribution in [2.45, 2.75) is 13.0 Å². The van der Waals surface area contributed by atoms with E-state index in [9.17, 15) is 14.9 Å². The van der Waals surface area contributed by atoms with Gasteiger partial charge in [-0.1, -0.05) is 30.3 Å². The fraction of sp³-hybridized carbons (Fsp3) is 0.143. The third-order valence-corrected chi connectivity index (χ3v) is 4.18. The van der Waals surface area contributed by atoms with Gasteiger partial charge in [-0.2, -0.15) is 0 Å². The molecule has 0 bridgehead atoms. The number of nitro groups is 1. The number of nitrogens with one attached hydrogen (secondary N) is 1. The van der Waals surface area contributed by atoms with E-state index >= 15 is 0 Å². The normalized spacial score (nSPS) is 10.9. The Morgan fingerprint density at radius 3 is 2.61 bits per heavy atom. The Hall–Kier alpha value is -3.74. The lowest BCUT2D eigenvalue weighted by Gasteiger charge is -2.08. The van der Waals surface area contributed by atoms with Crippen molar-refractivity contribution in [3.63, 3.8) is 0 Å². The molecule has 142 valence electrons. The fourth-order valence-electron chi connectivity index (χ4n) is 2.73. The van der Waals surface area contributed by atoms with Gasteiger partial charge in [0.05, 0.1) is 4.92 Å². The van der Waals surface area contributed by atoms with Gasteiger partial charge in [-0.25, -0.2) is 4.98 Å². The number of carbonyl (C=O) groups is 1. The first-order valence-electron chi connectivity index (χ1n) is 8.86. The number of amides is 1. The average molecular weight is 376 g/mol. The van der Waals surface area contributed by atoms with Gasteiger partial charge in [-0.05, 0) is 29.3 Å². The first-order valence-corrected chi connectivity index (χ1v) is 8.86. The number of hydrogen-bond donors (Lipinski definition) is 1. The van der Waals surface area contributed by atoms with Crippen LogP contribution in [0.5, 0.6) is 0 Å². The minimum atomic E-state index is -0.456. The number of nitro benzene ring substituents is 1. The number of hydrogen-bond acceptors (Lipinski definition) is 4. The molecule has 0 aliphatic heterocycles. The highest BCUT2D eigenvalue weighted by Gasteiger charge is 2.05. The summed E-state index contributed by atoms with van der Waals surface area (Å²) < 4.78 is 2.06. The molecule has 3 rings (SSSR count). The summed E-state index contributed by atoms with van der Waals surface area (Å²) in [6, 6.07) is 16.1. The molecule has 0 saturated carbocycles. The third-order valence-electron chi connectivity index (χ3n) is 4.18. The van der Waals surface area contributed by atoms with Crippen LogP contribution < -0.4 is 5.32 Å². The first-order chi connectivity index (χ1) is 13.6. The number of nitrogens with zero attached hydrogens (tertiary/aromatic N) is 3. The second-order valence-corrected chi connectivity index (χ2v) is 6.18. The Kier molecular flexibility index (Phi) is 6.30. The summed E-state index contributed by atoms with van der Waals surface area (Å²) in [6.45, 7) is 1.21. The van der Waals surface area contributed by atoms with Gasteiger partial charge in [0.25, 0.3) is 5.69 Å². The molecular weight excluding hydrogens is 356 g/mol. The van der Waals surface area contributed by atoms with Crippen molar-refractivity contribution in [1.82, 2.24) is 14.9 Å². The van der Waals surface area contributed by atoms with Crippen molar-refractivity contribution < 1.29 is 9.72 Å². The number of imidazole rings is 1. The molecule has 2 aromatic carbocycles. The van der Waals surface area contributed by atoms with E-state index in [1.54, 1.807) is 24.4 Å². The molecule has 1 N–H and O–H groups in total. The molecule has 0 unspecified atom stereocenters. The van der Waals surface area contributed by atoms with E-state index in [0.29, 0.717) is 13.0 Å². The lowest BCUT2D eigenvalue weighted by molar-refractivity contribution is -0.384. The van der Waals surface area contributed by atoms with Crippen LogP contribution in [0.25, 0.3) is 6.08 Å². The van der Waals surface area contributed by atoms with E-state index in [4.69, 9.17) is 0 Å². The summed E-state index contributed by atoms with van der Waals surface area (Å²) in [7, 11) is 0. The van der Waals surface area contributed by atoms with Crippen LogP contribution in [0.3, 0.4) is 0 Å². The van der Waals surface area contributed by atoms with Crippen molar-refractivity contribution in [3.8, 4) is 0 Å². The minimum absolute atomic E-state index is 0.0209. The number of benzene rings is 2. The highest BCUT2D eigenvalue weighted by Crippen LogP contribution is 2.12. The average Bonchev–Trinajstić information content (AvgIpc) is 3.14. The highest BCUT2D eigenvalue weighted by atomic mass is 16.6. The molecule has 0 radical (unpaired) electrons. The van der Waals surface area contributed by atoms with Gasteiger partial charge in [0.1, 0.15) is 5.82 Å². The topological polar surface area (TPSA) is 90.1 Å². The van der Waals surface area contributed by atoms with Crippen molar-refractivity contribution in [3.05, 3.63) is 100 Å². The summed E-state index contributed by atoms with van der Waals surface area (Å²) in [4.78, 5) is 26.5. The zero-order chi connectivity index (χ0) is 19.8. The predicted octanol–water partition coefficient (Wildman–Crippen LogP) is 3.21. The summed E-state index contributed by atoms with van der Waals surface area (Å²) in [5.74, 6) is 0.683. The SMILES string of the molecule is O=C(/C=C/c1ccc([N+](=O)[O-])cc1)NCCc1nccn1Cc1ccccc1. The zero-order valence-corrected chi connectivity index (χ0v) is 15.2. The Morgan fingerprint density at radius 1 is 1.14 bits per heavy atom. The van der Waals surface area contributed by atoms with E-state index in [1.807, 2.05) is 24.4 Å². The van der Waals surface area contributed by atoms with E-state index in [-0.39, 0.29) is 11.6 Å². The lowest BCUT2D eigenvalue weighted by atomic mass is 10.2. The van der Waals surface area contributed by atoms with Crippen molar-refractivity contribution in [2.24, 2.45) is 0 Å². The van der Waals surface area contributed by atoms with Gasteiger partial charge in [0.15, 0.2) is 0 Å². The summed E-state index contributed by atoms with van der Waals surface area (Å²) in [5, 5.41) is 13.5. The monoisotopic (exact) mass is 376 g/mol. The van der Waals surface area contributed by atoms with Gasteiger partial charge in [-0.3, -0.25) is 14.9 Å². The molecule has 0 aliphatic rings. The molecule has 3 aromatic rings. The number of aromatic nitrogens is 2. The summed E-state index contributed by atoms with van der Waals surface area (Å²) in [6.07, 6.45) is 7.34. The van der Waals surface area contributed by atoms with Gasteiger partial charge in [-0.15, -0.1) is 0 Å². The molecule has 0 spiro atoms. The van der Waals surface area contributed by atoms with E-state index in [1.165, 1.54) is 23.8 Å². The number of rotatable bonds is 8. The molecule has 7 heteroatoms. The van der Waals surface area contributed by atoms with Crippen LogP contribution in [0.2, 0.25) is 0 Å². The maximum absolute atomic E-state index is 12.0. The maximum Gasteiger partial charge on any atom is 0.269 e. The zero-order valence-electron chi connectivity index (χ0n) is 15.2. The van der Waals surface area contributed by atoms with Crippen LogP contribution in [-0.4, -0.2) is 26.9 Å². The molecule has 1 amide bonds. The van der Waals surface area contributed by atoms with Crippen LogP contribution in [-0.2, 0) is 17.8 Å². The first kappa shape index (κ1) is 19.0. The number of carbonyl (C=O) groups excluding carboxylic acids is 1. The second kappa shape index (κ2) is 9.27. The molecule has 0 atom stereocenters. The van der Waals surface area contributed by atoms with Gasteiger partial charge >= 0.3 is 0 Å². The highest BCUT2D eigenvalue weighted by molar-refractivity contribution is 5.91. The quantitative estimate of drug-likeness (QED) is 0.371.